The van der Waals surface area contributed by atoms with E-state index in [4.69, 9.17) is 9.90 Å². The number of aryl methyl sites for hydroxylation is 1. The van der Waals surface area contributed by atoms with Crippen molar-refractivity contribution < 1.29 is 23.1 Å². The molecule has 176 valence electrons. The van der Waals surface area contributed by atoms with Gasteiger partial charge in [-0.3, -0.25) is 14.3 Å². The second-order valence-corrected chi connectivity index (χ2v) is 7.73. The van der Waals surface area contributed by atoms with Gasteiger partial charge in [-0.1, -0.05) is 19.8 Å². The molecule has 0 aromatic carbocycles. The number of aromatic amines is 1. The van der Waals surface area contributed by atoms with E-state index in [0.717, 1.165) is 31.4 Å². The van der Waals surface area contributed by atoms with Crippen molar-refractivity contribution in [3.8, 4) is 0 Å². The molecule has 33 heavy (non-hydrogen) atoms. The molecule has 0 radical (unpaired) electrons. The molecule has 0 bridgehead atoms. The number of fused-ring (bicyclic) bond motifs is 2. The zero-order valence-electron chi connectivity index (χ0n) is 17.3. The first-order chi connectivity index (χ1) is 15.6. The standard InChI is InChI=1S/C17H18BrN7O.C2HF3O2/c1-2-3-4-9-24-14-13(20-16(18)21-14)15(26)25-12(22-23-17(24)25)10-11-5-7-19-8-6-11;3-2(4,5)1(6)7/h5-8H,2-4,9-10H2,1H3,(H,20,21);(H,6,7). The lowest BCUT2D eigenvalue weighted by Crippen LogP contribution is -2.21. The molecule has 4 aromatic heterocycles. The van der Waals surface area contributed by atoms with Crippen LogP contribution in [0.4, 0.5) is 13.2 Å². The average molecular weight is 530 g/mol. The molecule has 0 unspecified atom stereocenters. The van der Waals surface area contributed by atoms with E-state index >= 15 is 0 Å². The number of hydrogen-bond acceptors (Lipinski definition) is 6. The van der Waals surface area contributed by atoms with Gasteiger partial charge in [0.25, 0.3) is 5.56 Å². The van der Waals surface area contributed by atoms with Crippen molar-refractivity contribution in [3.63, 3.8) is 0 Å². The molecule has 4 heterocycles. The van der Waals surface area contributed by atoms with Crippen LogP contribution in [-0.2, 0) is 17.8 Å². The fourth-order valence-corrected chi connectivity index (χ4v) is 3.47. The van der Waals surface area contributed by atoms with E-state index in [1.54, 1.807) is 16.8 Å². The van der Waals surface area contributed by atoms with Crippen LogP contribution in [0, 0.1) is 0 Å². The Labute approximate surface area is 192 Å². The lowest BCUT2D eigenvalue weighted by Gasteiger charge is -2.09. The van der Waals surface area contributed by atoms with Gasteiger partial charge < -0.3 is 10.1 Å². The molecule has 0 aliphatic rings. The molecule has 0 aliphatic carbocycles. The third-order valence-corrected chi connectivity index (χ3v) is 5.00. The fraction of sp³-hybridized carbons (Fsp3) is 0.368. The normalized spacial score (nSPS) is 11.5. The van der Waals surface area contributed by atoms with Gasteiger partial charge in [-0.15, -0.1) is 10.2 Å². The molecule has 10 nitrogen and oxygen atoms in total. The van der Waals surface area contributed by atoms with Gasteiger partial charge in [0, 0.05) is 25.4 Å². The number of nitrogens with one attached hydrogen (secondary N) is 1. The predicted molar refractivity (Wildman–Crippen MR) is 115 cm³/mol. The van der Waals surface area contributed by atoms with Crippen LogP contribution in [0.1, 0.15) is 37.6 Å². The Morgan fingerprint density at radius 1 is 1.21 bits per heavy atom. The van der Waals surface area contributed by atoms with E-state index in [1.807, 2.05) is 16.7 Å². The highest BCUT2D eigenvalue weighted by Crippen LogP contribution is 2.17. The van der Waals surface area contributed by atoms with E-state index in [1.165, 1.54) is 0 Å². The minimum Gasteiger partial charge on any atom is -0.475 e. The zero-order chi connectivity index (χ0) is 24.2. The third kappa shape index (κ3) is 5.56. The van der Waals surface area contributed by atoms with Crippen LogP contribution >= 0.6 is 15.9 Å². The second-order valence-electron chi connectivity index (χ2n) is 6.98. The molecule has 14 heteroatoms. The summed E-state index contributed by atoms with van der Waals surface area (Å²) in [7, 11) is 0. The Hall–Kier alpha value is -3.29. The highest BCUT2D eigenvalue weighted by molar-refractivity contribution is 9.10. The van der Waals surface area contributed by atoms with E-state index in [-0.39, 0.29) is 5.56 Å². The Bertz CT molecular complexity index is 1320. The molecule has 0 atom stereocenters. The summed E-state index contributed by atoms with van der Waals surface area (Å²) < 4.78 is 35.8. The SMILES string of the molecule is CCCCCn1c2nc(Br)[nH]c2c(=O)n2c(Cc3ccncc3)nnc12.O=C(O)C(F)(F)F. The summed E-state index contributed by atoms with van der Waals surface area (Å²) in [5, 5.41) is 15.7. The van der Waals surface area contributed by atoms with Gasteiger partial charge in [0.2, 0.25) is 5.78 Å². The number of carboxylic acids is 1. The molecular weight excluding hydrogens is 511 g/mol. The summed E-state index contributed by atoms with van der Waals surface area (Å²) in [6, 6.07) is 3.82. The van der Waals surface area contributed by atoms with Crippen LogP contribution in [0.3, 0.4) is 0 Å². The van der Waals surface area contributed by atoms with Crippen LogP contribution < -0.4 is 5.56 Å². The number of H-pyrrole nitrogens is 1. The predicted octanol–water partition coefficient (Wildman–Crippen LogP) is 3.34. The van der Waals surface area contributed by atoms with Crippen molar-refractivity contribution in [2.45, 2.75) is 45.3 Å². The van der Waals surface area contributed by atoms with Gasteiger partial charge in [-0.25, -0.2) is 14.2 Å². The number of aliphatic carboxylic acids is 1. The van der Waals surface area contributed by atoms with Gasteiger partial charge in [-0.2, -0.15) is 13.2 Å². The van der Waals surface area contributed by atoms with E-state index < -0.39 is 12.1 Å². The highest BCUT2D eigenvalue weighted by atomic mass is 79.9. The van der Waals surface area contributed by atoms with Gasteiger partial charge in [0.15, 0.2) is 15.9 Å². The summed E-state index contributed by atoms with van der Waals surface area (Å²) in [6.07, 6.45) is 2.08. The van der Waals surface area contributed by atoms with Crippen LogP contribution in [0.2, 0.25) is 0 Å². The monoisotopic (exact) mass is 529 g/mol. The van der Waals surface area contributed by atoms with Crippen molar-refractivity contribution in [2.75, 3.05) is 0 Å². The quantitative estimate of drug-likeness (QED) is 0.289. The molecule has 0 amide bonds. The zero-order valence-corrected chi connectivity index (χ0v) is 18.9. The number of unbranched alkanes of at least 4 members (excludes halogenated alkanes) is 2. The Morgan fingerprint density at radius 2 is 1.88 bits per heavy atom. The molecule has 0 aliphatic heterocycles. The summed E-state index contributed by atoms with van der Waals surface area (Å²) >= 11 is 3.34. The maximum absolute atomic E-state index is 13.0. The van der Waals surface area contributed by atoms with Crippen molar-refractivity contribution in [1.29, 1.82) is 0 Å². The van der Waals surface area contributed by atoms with Crippen molar-refractivity contribution in [1.82, 2.24) is 34.1 Å². The summed E-state index contributed by atoms with van der Waals surface area (Å²) in [5.74, 6) is -1.62. The first-order valence-electron chi connectivity index (χ1n) is 9.84. The van der Waals surface area contributed by atoms with E-state index in [9.17, 15) is 18.0 Å². The first-order valence-corrected chi connectivity index (χ1v) is 10.6. The minimum atomic E-state index is -5.08. The topological polar surface area (TPSA) is 131 Å². The molecule has 2 N–H and O–H groups in total. The van der Waals surface area contributed by atoms with E-state index in [2.05, 4.69) is 48.0 Å². The number of imidazole rings is 1. The summed E-state index contributed by atoms with van der Waals surface area (Å²) in [4.78, 5) is 33.4. The van der Waals surface area contributed by atoms with Crippen LogP contribution in [0.25, 0.3) is 16.9 Å². The minimum absolute atomic E-state index is 0.186. The average Bonchev–Trinajstić information content (AvgIpc) is 3.35. The fourth-order valence-electron chi connectivity index (χ4n) is 3.10. The summed E-state index contributed by atoms with van der Waals surface area (Å²) in [6.45, 7) is 2.89. The van der Waals surface area contributed by atoms with Crippen molar-refractivity contribution in [3.05, 3.63) is 51.0 Å². The van der Waals surface area contributed by atoms with Crippen LogP contribution in [0.5, 0.6) is 0 Å². The van der Waals surface area contributed by atoms with Crippen LogP contribution in [-0.4, -0.2) is 51.4 Å². The lowest BCUT2D eigenvalue weighted by molar-refractivity contribution is -0.192. The smallest absolute Gasteiger partial charge is 0.475 e. The number of alkyl halides is 3. The Morgan fingerprint density at radius 3 is 2.48 bits per heavy atom. The van der Waals surface area contributed by atoms with Gasteiger partial charge in [0.05, 0.1) is 0 Å². The van der Waals surface area contributed by atoms with Gasteiger partial charge in [-0.05, 0) is 40.0 Å². The number of aromatic nitrogens is 7. The lowest BCUT2D eigenvalue weighted by atomic mass is 10.2. The Kier molecular flexibility index (Phi) is 7.46. The maximum Gasteiger partial charge on any atom is 0.490 e. The number of rotatable bonds is 6. The molecule has 0 saturated carbocycles. The molecular formula is C19H19BrF3N7O3. The Balaban J connectivity index is 0.000000383. The summed E-state index contributed by atoms with van der Waals surface area (Å²) in [5.41, 5.74) is 1.90. The van der Waals surface area contributed by atoms with E-state index in [0.29, 0.717) is 33.9 Å². The highest BCUT2D eigenvalue weighted by Gasteiger charge is 2.38. The number of hydrogen-bond donors (Lipinski definition) is 2. The molecule has 0 spiro atoms. The first kappa shape index (κ1) is 24.4. The second kappa shape index (κ2) is 10.1. The number of nitrogens with zero attached hydrogens (tertiary/aromatic N) is 6. The molecule has 0 saturated heterocycles. The molecule has 4 aromatic rings. The molecule has 0 fully saturated rings. The van der Waals surface area contributed by atoms with Crippen LogP contribution in [0.15, 0.2) is 34.1 Å². The van der Waals surface area contributed by atoms with Crippen molar-refractivity contribution in [2.24, 2.45) is 0 Å². The largest absolute Gasteiger partial charge is 0.490 e. The number of halogens is 4. The maximum atomic E-state index is 13.0. The number of carbonyl (C=O) groups is 1. The molecule has 4 rings (SSSR count). The number of carboxylic acid groups (broad SMARTS) is 1. The third-order valence-electron chi connectivity index (χ3n) is 4.62. The van der Waals surface area contributed by atoms with Gasteiger partial charge in [0.1, 0.15) is 5.82 Å². The number of pyridine rings is 1. The van der Waals surface area contributed by atoms with Gasteiger partial charge >= 0.3 is 12.1 Å². The van der Waals surface area contributed by atoms with Crippen molar-refractivity contribution >= 4 is 38.8 Å².